The minimum atomic E-state index is -0.450. The summed E-state index contributed by atoms with van der Waals surface area (Å²) in [6.45, 7) is 11.0. The van der Waals surface area contributed by atoms with Crippen molar-refractivity contribution < 1.29 is 14.3 Å². The van der Waals surface area contributed by atoms with Crippen molar-refractivity contribution in [2.45, 2.75) is 59.5 Å². The van der Waals surface area contributed by atoms with Crippen LogP contribution in [0.2, 0.25) is 0 Å². The molecule has 0 saturated carbocycles. The van der Waals surface area contributed by atoms with Gasteiger partial charge < -0.3 is 14.4 Å². The predicted molar refractivity (Wildman–Crippen MR) is 72.6 cm³/mol. The lowest BCUT2D eigenvalue weighted by Crippen LogP contribution is -2.42. The smallest absolute Gasteiger partial charge is 0.410 e. The SMILES string of the molecule is CC.CC(C)(C)OC(=O)N1CCCC(CC=O)C1. The number of ether oxygens (including phenoxy) is 1. The van der Waals surface area contributed by atoms with E-state index in [2.05, 4.69) is 0 Å². The molecule has 106 valence electrons. The van der Waals surface area contributed by atoms with Gasteiger partial charge in [-0.15, -0.1) is 0 Å². The third-order valence-corrected chi connectivity index (χ3v) is 2.60. The summed E-state index contributed by atoms with van der Waals surface area (Å²) in [5.74, 6) is 0.304. The molecule has 1 fully saturated rings. The molecule has 4 nitrogen and oxygen atoms in total. The van der Waals surface area contributed by atoms with Crippen molar-refractivity contribution in [3.8, 4) is 0 Å². The fourth-order valence-corrected chi connectivity index (χ4v) is 1.89. The number of piperidine rings is 1. The van der Waals surface area contributed by atoms with Crippen LogP contribution in [0.1, 0.15) is 53.9 Å². The Bertz CT molecular complexity index is 258. The van der Waals surface area contributed by atoms with Crippen molar-refractivity contribution in [3.05, 3.63) is 0 Å². The molecule has 0 aromatic carbocycles. The van der Waals surface area contributed by atoms with Gasteiger partial charge in [-0.2, -0.15) is 0 Å². The molecule has 1 aliphatic rings. The van der Waals surface area contributed by atoms with Gasteiger partial charge in [0.25, 0.3) is 0 Å². The second-order valence-corrected chi connectivity index (χ2v) is 5.34. The van der Waals surface area contributed by atoms with Crippen LogP contribution in [-0.2, 0) is 9.53 Å². The molecular weight excluding hydrogens is 230 g/mol. The Labute approximate surface area is 111 Å². The van der Waals surface area contributed by atoms with Crippen LogP contribution in [0.25, 0.3) is 0 Å². The van der Waals surface area contributed by atoms with Crippen LogP contribution < -0.4 is 0 Å². The van der Waals surface area contributed by atoms with Crippen molar-refractivity contribution in [2.75, 3.05) is 13.1 Å². The zero-order valence-electron chi connectivity index (χ0n) is 12.4. The molecule has 18 heavy (non-hydrogen) atoms. The fraction of sp³-hybridized carbons (Fsp3) is 0.857. The van der Waals surface area contributed by atoms with Crippen molar-refractivity contribution in [3.63, 3.8) is 0 Å². The molecule has 1 atom stereocenters. The lowest BCUT2D eigenvalue weighted by molar-refractivity contribution is -0.109. The third-order valence-electron chi connectivity index (χ3n) is 2.60. The summed E-state index contributed by atoms with van der Waals surface area (Å²) in [6.07, 6.45) is 3.20. The van der Waals surface area contributed by atoms with Crippen LogP contribution in [0.4, 0.5) is 4.79 Å². The summed E-state index contributed by atoms with van der Waals surface area (Å²) >= 11 is 0. The number of nitrogens with zero attached hydrogens (tertiary/aromatic N) is 1. The maximum Gasteiger partial charge on any atom is 0.410 e. The maximum absolute atomic E-state index is 11.8. The Morgan fingerprint density at radius 2 is 2.00 bits per heavy atom. The first-order valence-corrected chi connectivity index (χ1v) is 6.84. The highest BCUT2D eigenvalue weighted by Gasteiger charge is 2.27. The van der Waals surface area contributed by atoms with Crippen LogP contribution in [0.5, 0.6) is 0 Å². The topological polar surface area (TPSA) is 46.6 Å². The molecule has 1 heterocycles. The van der Waals surface area contributed by atoms with Gasteiger partial charge in [-0.05, 0) is 39.5 Å². The number of rotatable bonds is 2. The van der Waals surface area contributed by atoms with E-state index in [1.54, 1.807) is 4.90 Å². The summed E-state index contributed by atoms with van der Waals surface area (Å²) in [4.78, 5) is 23.9. The van der Waals surface area contributed by atoms with Crippen LogP contribution in [0, 0.1) is 5.92 Å². The molecule has 1 saturated heterocycles. The molecule has 0 aromatic heterocycles. The molecule has 4 heteroatoms. The first kappa shape index (κ1) is 16.9. The predicted octanol–water partition coefficient (Wildman–Crippen LogP) is 3.25. The Hall–Kier alpha value is -1.06. The molecule has 0 aromatic rings. The van der Waals surface area contributed by atoms with Gasteiger partial charge in [0, 0.05) is 19.5 Å². The molecular formula is C14H27NO3. The number of carbonyl (C=O) groups is 2. The zero-order chi connectivity index (χ0) is 14.2. The quantitative estimate of drug-likeness (QED) is 0.713. The number of hydrogen-bond acceptors (Lipinski definition) is 3. The zero-order valence-corrected chi connectivity index (χ0v) is 12.4. The van der Waals surface area contributed by atoms with Crippen molar-refractivity contribution in [2.24, 2.45) is 5.92 Å². The standard InChI is InChI=1S/C12H21NO3.C2H6/c1-12(2,3)16-11(15)13-7-4-5-10(9-13)6-8-14;1-2/h8,10H,4-7,9H2,1-3H3;1-2H3. The van der Waals surface area contributed by atoms with Crippen molar-refractivity contribution >= 4 is 12.4 Å². The highest BCUT2D eigenvalue weighted by atomic mass is 16.6. The van der Waals surface area contributed by atoms with Crippen LogP contribution in [0.15, 0.2) is 0 Å². The van der Waals surface area contributed by atoms with Gasteiger partial charge in [-0.1, -0.05) is 13.8 Å². The molecule has 0 bridgehead atoms. The van der Waals surface area contributed by atoms with E-state index >= 15 is 0 Å². The summed E-state index contributed by atoms with van der Waals surface area (Å²) in [5, 5.41) is 0. The van der Waals surface area contributed by atoms with Gasteiger partial charge in [-0.25, -0.2) is 4.79 Å². The van der Waals surface area contributed by atoms with E-state index in [4.69, 9.17) is 4.74 Å². The van der Waals surface area contributed by atoms with Gasteiger partial charge in [-0.3, -0.25) is 0 Å². The number of hydrogen-bond donors (Lipinski definition) is 0. The second-order valence-electron chi connectivity index (χ2n) is 5.34. The normalized spacial score (nSPS) is 19.6. The van der Waals surface area contributed by atoms with E-state index in [1.807, 2.05) is 34.6 Å². The van der Waals surface area contributed by atoms with Crippen molar-refractivity contribution in [1.82, 2.24) is 4.90 Å². The molecule has 1 unspecified atom stereocenters. The van der Waals surface area contributed by atoms with Gasteiger partial charge in [0.1, 0.15) is 11.9 Å². The van der Waals surface area contributed by atoms with Gasteiger partial charge >= 0.3 is 6.09 Å². The highest BCUT2D eigenvalue weighted by Crippen LogP contribution is 2.20. The van der Waals surface area contributed by atoms with Gasteiger partial charge in [0.15, 0.2) is 0 Å². The van der Waals surface area contributed by atoms with Crippen molar-refractivity contribution in [1.29, 1.82) is 0 Å². The van der Waals surface area contributed by atoms with E-state index in [1.165, 1.54) is 0 Å². The molecule has 0 spiro atoms. The minimum Gasteiger partial charge on any atom is -0.444 e. The largest absolute Gasteiger partial charge is 0.444 e. The Morgan fingerprint density at radius 1 is 1.39 bits per heavy atom. The van der Waals surface area contributed by atoms with E-state index in [0.717, 1.165) is 25.7 Å². The molecule has 0 N–H and O–H groups in total. The average molecular weight is 257 g/mol. The Morgan fingerprint density at radius 3 is 2.50 bits per heavy atom. The van der Waals surface area contributed by atoms with Crippen LogP contribution >= 0.6 is 0 Å². The van der Waals surface area contributed by atoms with E-state index in [0.29, 0.717) is 18.9 Å². The molecule has 1 aliphatic heterocycles. The average Bonchev–Trinajstić information content (AvgIpc) is 2.30. The Balaban J connectivity index is 0.00000137. The van der Waals surface area contributed by atoms with E-state index in [-0.39, 0.29) is 6.09 Å². The number of likely N-dealkylation sites (tertiary alicyclic amines) is 1. The highest BCUT2D eigenvalue weighted by molar-refractivity contribution is 5.68. The number of aldehydes is 1. The Kier molecular flexibility index (Phi) is 7.64. The monoisotopic (exact) mass is 257 g/mol. The molecule has 1 amide bonds. The molecule has 1 rings (SSSR count). The van der Waals surface area contributed by atoms with E-state index in [9.17, 15) is 9.59 Å². The lowest BCUT2D eigenvalue weighted by atomic mass is 9.96. The first-order valence-electron chi connectivity index (χ1n) is 6.84. The second kappa shape index (κ2) is 8.11. The van der Waals surface area contributed by atoms with E-state index < -0.39 is 5.60 Å². The van der Waals surface area contributed by atoms with Crippen LogP contribution in [0.3, 0.4) is 0 Å². The molecule has 0 radical (unpaired) electrons. The minimum absolute atomic E-state index is 0.261. The summed E-state index contributed by atoms with van der Waals surface area (Å²) in [5.41, 5.74) is -0.450. The summed E-state index contributed by atoms with van der Waals surface area (Å²) < 4.78 is 5.30. The third kappa shape index (κ3) is 6.62. The van der Waals surface area contributed by atoms with Gasteiger partial charge in [0.05, 0.1) is 0 Å². The lowest BCUT2D eigenvalue weighted by Gasteiger charge is -2.33. The first-order chi connectivity index (χ1) is 8.42. The molecule has 0 aliphatic carbocycles. The summed E-state index contributed by atoms with van der Waals surface area (Å²) in [7, 11) is 0. The number of amides is 1. The fourth-order valence-electron chi connectivity index (χ4n) is 1.89. The summed E-state index contributed by atoms with van der Waals surface area (Å²) in [6, 6.07) is 0. The van der Waals surface area contributed by atoms with Gasteiger partial charge in [0.2, 0.25) is 0 Å². The maximum atomic E-state index is 11.8. The van der Waals surface area contributed by atoms with Crippen LogP contribution in [-0.4, -0.2) is 36.0 Å². The number of carbonyl (C=O) groups excluding carboxylic acids is 2.